The Balaban J connectivity index is 1.77. The standard InChI is InChI=1S/C24H21N3O/c1-16-8-9-22-20(14-16)21(15-17(2)26-22)24(28)27-23(18-6-4-3-5-7-18)19-10-12-25-13-11-19/h3-15,23H,1-2H3,(H,27,28). The van der Waals surface area contributed by atoms with Crippen molar-refractivity contribution in [3.8, 4) is 0 Å². The molecule has 0 spiro atoms. The smallest absolute Gasteiger partial charge is 0.252 e. The Morgan fingerprint density at radius 2 is 1.61 bits per heavy atom. The second-order valence-electron chi connectivity index (χ2n) is 6.93. The maximum absolute atomic E-state index is 13.3. The number of benzene rings is 2. The highest BCUT2D eigenvalue weighted by Crippen LogP contribution is 2.24. The summed E-state index contributed by atoms with van der Waals surface area (Å²) in [4.78, 5) is 22.0. The van der Waals surface area contributed by atoms with Gasteiger partial charge in [-0.05, 0) is 55.3 Å². The molecule has 2 aromatic heterocycles. The Kier molecular flexibility index (Phi) is 4.85. The zero-order chi connectivity index (χ0) is 19.5. The van der Waals surface area contributed by atoms with Gasteiger partial charge in [-0.15, -0.1) is 0 Å². The van der Waals surface area contributed by atoms with Crippen LogP contribution in [0.1, 0.15) is 38.8 Å². The van der Waals surface area contributed by atoms with E-state index in [1.807, 2.05) is 80.6 Å². The van der Waals surface area contributed by atoms with Gasteiger partial charge in [-0.2, -0.15) is 0 Å². The van der Waals surface area contributed by atoms with Gasteiger partial charge in [0, 0.05) is 23.5 Å². The summed E-state index contributed by atoms with van der Waals surface area (Å²) in [6, 6.07) is 21.4. The van der Waals surface area contributed by atoms with Gasteiger partial charge in [-0.25, -0.2) is 0 Å². The van der Waals surface area contributed by atoms with Crippen LogP contribution in [0.15, 0.2) is 79.1 Å². The first-order chi connectivity index (χ1) is 13.6. The number of nitrogens with zero attached hydrogens (tertiary/aromatic N) is 2. The Morgan fingerprint density at radius 3 is 2.36 bits per heavy atom. The molecule has 28 heavy (non-hydrogen) atoms. The first kappa shape index (κ1) is 17.9. The number of pyridine rings is 2. The second-order valence-corrected chi connectivity index (χ2v) is 6.93. The molecule has 2 heterocycles. The molecular weight excluding hydrogens is 346 g/mol. The quantitative estimate of drug-likeness (QED) is 0.565. The van der Waals surface area contributed by atoms with Crippen molar-refractivity contribution in [1.82, 2.24) is 15.3 Å². The van der Waals surface area contributed by atoms with Crippen LogP contribution in [-0.4, -0.2) is 15.9 Å². The molecule has 1 unspecified atom stereocenters. The number of nitrogens with one attached hydrogen (secondary N) is 1. The van der Waals surface area contributed by atoms with E-state index in [1.54, 1.807) is 12.4 Å². The Hall–Kier alpha value is -3.53. The van der Waals surface area contributed by atoms with Gasteiger partial charge in [-0.1, -0.05) is 42.0 Å². The van der Waals surface area contributed by atoms with Gasteiger partial charge in [0.15, 0.2) is 0 Å². The number of carbonyl (C=O) groups excluding carboxylic acids is 1. The number of fused-ring (bicyclic) bond motifs is 1. The largest absolute Gasteiger partial charge is 0.341 e. The number of amides is 1. The highest BCUT2D eigenvalue weighted by Gasteiger charge is 2.19. The summed E-state index contributed by atoms with van der Waals surface area (Å²) in [7, 11) is 0. The fraction of sp³-hybridized carbons (Fsp3) is 0.125. The van der Waals surface area contributed by atoms with Crippen molar-refractivity contribution in [1.29, 1.82) is 0 Å². The molecule has 1 atom stereocenters. The highest BCUT2D eigenvalue weighted by atomic mass is 16.1. The zero-order valence-corrected chi connectivity index (χ0v) is 15.9. The van der Waals surface area contributed by atoms with E-state index in [0.717, 1.165) is 33.3 Å². The van der Waals surface area contributed by atoms with Crippen LogP contribution < -0.4 is 5.32 Å². The topological polar surface area (TPSA) is 54.9 Å². The van der Waals surface area contributed by atoms with E-state index in [4.69, 9.17) is 0 Å². The van der Waals surface area contributed by atoms with Crippen molar-refractivity contribution in [3.05, 3.63) is 107 Å². The molecule has 4 aromatic rings. The predicted molar refractivity (Wildman–Crippen MR) is 111 cm³/mol. The van der Waals surface area contributed by atoms with Crippen LogP contribution in [0.4, 0.5) is 0 Å². The molecule has 1 N–H and O–H groups in total. The van der Waals surface area contributed by atoms with Crippen LogP contribution in [0.3, 0.4) is 0 Å². The fourth-order valence-corrected chi connectivity index (χ4v) is 3.43. The van der Waals surface area contributed by atoms with Crippen molar-refractivity contribution >= 4 is 16.8 Å². The second kappa shape index (κ2) is 7.61. The van der Waals surface area contributed by atoms with E-state index in [-0.39, 0.29) is 11.9 Å². The fourth-order valence-electron chi connectivity index (χ4n) is 3.43. The third-order valence-electron chi connectivity index (χ3n) is 4.78. The molecule has 0 fully saturated rings. The van der Waals surface area contributed by atoms with Crippen molar-refractivity contribution < 1.29 is 4.79 Å². The minimum atomic E-state index is -0.259. The molecular formula is C24H21N3O. The maximum Gasteiger partial charge on any atom is 0.252 e. The summed E-state index contributed by atoms with van der Waals surface area (Å²) in [5.74, 6) is -0.119. The molecule has 0 saturated heterocycles. The van der Waals surface area contributed by atoms with E-state index in [0.29, 0.717) is 5.56 Å². The van der Waals surface area contributed by atoms with Crippen LogP contribution in [0.5, 0.6) is 0 Å². The minimum absolute atomic E-state index is 0.119. The van der Waals surface area contributed by atoms with Crippen LogP contribution in [0, 0.1) is 13.8 Å². The Labute approximate surface area is 164 Å². The lowest BCUT2D eigenvalue weighted by molar-refractivity contribution is 0.0944. The molecule has 0 saturated carbocycles. The van der Waals surface area contributed by atoms with Crippen molar-refractivity contribution in [2.75, 3.05) is 0 Å². The normalized spacial score (nSPS) is 11.9. The minimum Gasteiger partial charge on any atom is -0.341 e. The molecule has 0 aliphatic carbocycles. The number of carbonyl (C=O) groups is 1. The van der Waals surface area contributed by atoms with Gasteiger partial charge in [0.2, 0.25) is 0 Å². The summed E-state index contributed by atoms with van der Waals surface area (Å²) in [6.45, 7) is 3.93. The average Bonchev–Trinajstić information content (AvgIpc) is 2.73. The number of hydrogen-bond donors (Lipinski definition) is 1. The van der Waals surface area contributed by atoms with Crippen molar-refractivity contribution in [2.45, 2.75) is 19.9 Å². The van der Waals surface area contributed by atoms with E-state index >= 15 is 0 Å². The lowest BCUT2D eigenvalue weighted by Crippen LogP contribution is -2.29. The summed E-state index contributed by atoms with van der Waals surface area (Å²) < 4.78 is 0. The molecule has 0 aliphatic rings. The number of hydrogen-bond acceptors (Lipinski definition) is 3. The maximum atomic E-state index is 13.3. The molecule has 138 valence electrons. The Morgan fingerprint density at radius 1 is 0.893 bits per heavy atom. The SMILES string of the molecule is Cc1ccc2nc(C)cc(C(=O)NC(c3ccccc3)c3ccncc3)c2c1. The van der Waals surface area contributed by atoms with E-state index < -0.39 is 0 Å². The molecule has 0 bridgehead atoms. The molecule has 4 rings (SSSR count). The number of rotatable bonds is 4. The lowest BCUT2D eigenvalue weighted by atomic mass is 9.98. The third-order valence-corrected chi connectivity index (χ3v) is 4.78. The van der Waals surface area contributed by atoms with Gasteiger partial charge in [-0.3, -0.25) is 14.8 Å². The zero-order valence-electron chi connectivity index (χ0n) is 15.9. The van der Waals surface area contributed by atoms with Gasteiger partial charge in [0.1, 0.15) is 0 Å². The van der Waals surface area contributed by atoms with Gasteiger partial charge < -0.3 is 5.32 Å². The monoisotopic (exact) mass is 367 g/mol. The van der Waals surface area contributed by atoms with Crippen LogP contribution in [0.2, 0.25) is 0 Å². The highest BCUT2D eigenvalue weighted by molar-refractivity contribution is 6.06. The van der Waals surface area contributed by atoms with Gasteiger partial charge in [0.25, 0.3) is 5.91 Å². The van der Waals surface area contributed by atoms with Crippen LogP contribution in [-0.2, 0) is 0 Å². The summed E-state index contributed by atoms with van der Waals surface area (Å²) in [5, 5.41) is 4.08. The molecule has 0 aliphatic heterocycles. The average molecular weight is 367 g/mol. The molecule has 1 amide bonds. The molecule has 4 heteroatoms. The number of aromatic nitrogens is 2. The van der Waals surface area contributed by atoms with Crippen molar-refractivity contribution in [2.24, 2.45) is 0 Å². The molecule has 2 aromatic carbocycles. The van der Waals surface area contributed by atoms with Gasteiger partial charge in [0.05, 0.1) is 17.1 Å². The van der Waals surface area contributed by atoms with E-state index in [1.165, 1.54) is 0 Å². The van der Waals surface area contributed by atoms with E-state index in [9.17, 15) is 4.79 Å². The number of aryl methyl sites for hydroxylation is 2. The summed E-state index contributed by atoms with van der Waals surface area (Å²) in [6.07, 6.45) is 3.49. The Bertz CT molecular complexity index is 1090. The summed E-state index contributed by atoms with van der Waals surface area (Å²) >= 11 is 0. The lowest BCUT2D eigenvalue weighted by Gasteiger charge is -2.20. The first-order valence-electron chi connectivity index (χ1n) is 9.25. The first-order valence-corrected chi connectivity index (χ1v) is 9.25. The third kappa shape index (κ3) is 3.62. The predicted octanol–water partition coefficient (Wildman–Crippen LogP) is 4.77. The van der Waals surface area contributed by atoms with E-state index in [2.05, 4.69) is 15.3 Å². The van der Waals surface area contributed by atoms with Crippen molar-refractivity contribution in [3.63, 3.8) is 0 Å². The molecule has 0 radical (unpaired) electrons. The molecule has 4 nitrogen and oxygen atoms in total. The van der Waals surface area contributed by atoms with Crippen LogP contribution in [0.25, 0.3) is 10.9 Å². The van der Waals surface area contributed by atoms with Gasteiger partial charge >= 0.3 is 0 Å². The van der Waals surface area contributed by atoms with Crippen LogP contribution >= 0.6 is 0 Å². The summed E-state index contributed by atoms with van der Waals surface area (Å²) in [5.41, 5.74) is 5.40.